The monoisotopic (exact) mass is 335 g/mol. The van der Waals surface area contributed by atoms with E-state index in [1.807, 2.05) is 25.1 Å². The lowest BCUT2D eigenvalue weighted by atomic mass is 10.2. The molecule has 1 amide bonds. The topological polar surface area (TPSA) is 69.7 Å². The number of hydrogen-bond acceptors (Lipinski definition) is 4. The second-order valence-corrected chi connectivity index (χ2v) is 7.43. The van der Waals surface area contributed by atoms with Gasteiger partial charge in [0, 0.05) is 31.9 Å². The summed E-state index contributed by atoms with van der Waals surface area (Å²) < 4.78 is 25.9. The van der Waals surface area contributed by atoms with Crippen LogP contribution in [-0.2, 0) is 14.8 Å². The molecule has 0 radical (unpaired) electrons. The number of anilines is 1. The van der Waals surface area contributed by atoms with Crippen molar-refractivity contribution in [3.8, 4) is 12.3 Å². The van der Waals surface area contributed by atoms with E-state index in [1.54, 1.807) is 0 Å². The van der Waals surface area contributed by atoms with Crippen LogP contribution in [0.15, 0.2) is 24.3 Å². The normalized spacial score (nSPS) is 15.9. The van der Waals surface area contributed by atoms with Crippen molar-refractivity contribution in [2.75, 3.05) is 43.4 Å². The summed E-state index contributed by atoms with van der Waals surface area (Å²) >= 11 is 0. The van der Waals surface area contributed by atoms with Crippen LogP contribution in [0.3, 0.4) is 0 Å². The van der Waals surface area contributed by atoms with Gasteiger partial charge in [0.05, 0.1) is 6.54 Å². The second-order valence-electron chi connectivity index (χ2n) is 5.46. The summed E-state index contributed by atoms with van der Waals surface area (Å²) in [4.78, 5) is 13.7. The summed E-state index contributed by atoms with van der Waals surface area (Å²) in [6, 6.07) is 8.12. The van der Waals surface area contributed by atoms with Gasteiger partial charge in [-0.3, -0.25) is 4.79 Å². The maximum Gasteiger partial charge on any atom is 0.237 e. The second kappa shape index (κ2) is 7.49. The number of hydrogen-bond donors (Lipinski definition) is 1. The van der Waals surface area contributed by atoms with Gasteiger partial charge < -0.3 is 10.2 Å². The third-order valence-electron chi connectivity index (χ3n) is 3.70. The number of rotatable bonds is 5. The number of nitrogens with one attached hydrogen (secondary N) is 1. The first-order valence-electron chi connectivity index (χ1n) is 7.42. The number of benzene rings is 1. The summed E-state index contributed by atoms with van der Waals surface area (Å²) in [7, 11) is -3.60. The lowest BCUT2D eigenvalue weighted by molar-refractivity contribution is -0.118. The highest BCUT2D eigenvalue weighted by atomic mass is 32.2. The minimum atomic E-state index is -3.60. The Balaban J connectivity index is 1.93. The lowest BCUT2D eigenvalue weighted by Crippen LogP contribution is -2.50. The van der Waals surface area contributed by atoms with Crippen molar-refractivity contribution in [3.63, 3.8) is 0 Å². The van der Waals surface area contributed by atoms with E-state index in [-0.39, 0.29) is 6.54 Å². The standard InChI is InChI=1S/C16H21N3O3S/c1-3-7-17-16(20)13-23(21,22)19-10-8-18(9-11-19)15-6-4-5-14(2)12-15/h1,4-6,12H,7-11,13H2,2H3,(H,17,20). The van der Waals surface area contributed by atoms with E-state index >= 15 is 0 Å². The van der Waals surface area contributed by atoms with E-state index in [1.165, 1.54) is 9.87 Å². The Morgan fingerprint density at radius 3 is 2.61 bits per heavy atom. The zero-order valence-electron chi connectivity index (χ0n) is 13.2. The van der Waals surface area contributed by atoms with Crippen LogP contribution in [-0.4, -0.2) is 57.1 Å². The fourth-order valence-corrected chi connectivity index (χ4v) is 3.84. The van der Waals surface area contributed by atoms with E-state index in [9.17, 15) is 13.2 Å². The molecule has 0 bridgehead atoms. The Labute approximate surface area is 137 Å². The third-order valence-corrected chi connectivity index (χ3v) is 5.48. The van der Waals surface area contributed by atoms with Crippen molar-refractivity contribution in [1.29, 1.82) is 0 Å². The Morgan fingerprint density at radius 1 is 1.30 bits per heavy atom. The van der Waals surface area contributed by atoms with Crippen molar-refractivity contribution in [2.24, 2.45) is 0 Å². The highest BCUT2D eigenvalue weighted by Gasteiger charge is 2.28. The van der Waals surface area contributed by atoms with Gasteiger partial charge in [0.25, 0.3) is 0 Å². The number of sulfonamides is 1. The number of terminal acetylenes is 1. The lowest BCUT2D eigenvalue weighted by Gasteiger charge is -2.35. The molecule has 1 aliphatic heterocycles. The van der Waals surface area contributed by atoms with Gasteiger partial charge in [0.15, 0.2) is 0 Å². The van der Waals surface area contributed by atoms with Gasteiger partial charge in [0.2, 0.25) is 15.9 Å². The predicted molar refractivity (Wildman–Crippen MR) is 90.6 cm³/mol. The van der Waals surface area contributed by atoms with E-state index in [0.717, 1.165) is 5.69 Å². The number of carbonyl (C=O) groups excluding carboxylic acids is 1. The molecule has 2 rings (SSSR count). The van der Waals surface area contributed by atoms with Crippen LogP contribution in [0.4, 0.5) is 5.69 Å². The first-order valence-corrected chi connectivity index (χ1v) is 9.03. The molecule has 0 spiro atoms. The van der Waals surface area contributed by atoms with Crippen LogP contribution in [0, 0.1) is 19.3 Å². The predicted octanol–water partition coefficient (Wildman–Crippen LogP) is 0.196. The quantitative estimate of drug-likeness (QED) is 0.780. The molecular weight excluding hydrogens is 314 g/mol. The average Bonchev–Trinajstić information content (AvgIpc) is 2.52. The van der Waals surface area contributed by atoms with Crippen LogP contribution in [0.2, 0.25) is 0 Å². The van der Waals surface area contributed by atoms with E-state index in [4.69, 9.17) is 6.42 Å². The van der Waals surface area contributed by atoms with Crippen molar-refractivity contribution in [3.05, 3.63) is 29.8 Å². The number of nitrogens with zero attached hydrogens (tertiary/aromatic N) is 2. The van der Waals surface area contributed by atoms with Crippen LogP contribution >= 0.6 is 0 Å². The fraction of sp³-hybridized carbons (Fsp3) is 0.438. The Kier molecular flexibility index (Phi) is 5.64. The molecule has 6 nitrogen and oxygen atoms in total. The largest absolute Gasteiger partial charge is 0.369 e. The van der Waals surface area contributed by atoms with Gasteiger partial charge in [-0.2, -0.15) is 4.31 Å². The number of piperazine rings is 1. The molecular formula is C16H21N3O3S. The Bertz CT molecular complexity index is 702. The number of amides is 1. The molecule has 0 aromatic heterocycles. The van der Waals surface area contributed by atoms with E-state index in [0.29, 0.717) is 26.2 Å². The zero-order chi connectivity index (χ0) is 16.9. The molecule has 1 aliphatic rings. The van der Waals surface area contributed by atoms with Gasteiger partial charge in [-0.15, -0.1) is 6.42 Å². The molecule has 1 aromatic carbocycles. The first-order chi connectivity index (χ1) is 10.9. The zero-order valence-corrected chi connectivity index (χ0v) is 14.0. The SMILES string of the molecule is C#CCNC(=O)CS(=O)(=O)N1CCN(c2cccc(C)c2)CC1. The Hall–Kier alpha value is -2.04. The maximum absolute atomic E-state index is 12.3. The molecule has 1 saturated heterocycles. The van der Waals surface area contributed by atoms with Crippen LogP contribution < -0.4 is 10.2 Å². The fourth-order valence-electron chi connectivity index (χ4n) is 2.51. The Morgan fingerprint density at radius 2 is 2.00 bits per heavy atom. The average molecular weight is 335 g/mol. The number of aryl methyl sites for hydroxylation is 1. The molecule has 0 saturated carbocycles. The van der Waals surface area contributed by atoms with Crippen molar-refractivity contribution < 1.29 is 13.2 Å². The molecule has 1 fully saturated rings. The molecule has 0 atom stereocenters. The molecule has 7 heteroatoms. The minimum absolute atomic E-state index is 0.0372. The van der Waals surface area contributed by atoms with Crippen LogP contribution in [0.1, 0.15) is 5.56 Å². The highest BCUT2D eigenvalue weighted by Crippen LogP contribution is 2.18. The molecule has 1 heterocycles. The number of carbonyl (C=O) groups is 1. The first kappa shape index (κ1) is 17.3. The van der Waals surface area contributed by atoms with Gasteiger partial charge >= 0.3 is 0 Å². The molecule has 0 unspecified atom stereocenters. The summed E-state index contributed by atoms with van der Waals surface area (Å²) in [5, 5.41) is 2.38. The van der Waals surface area contributed by atoms with Crippen molar-refractivity contribution >= 4 is 21.6 Å². The molecule has 1 N–H and O–H groups in total. The molecule has 1 aromatic rings. The van der Waals surface area contributed by atoms with Crippen LogP contribution in [0.5, 0.6) is 0 Å². The van der Waals surface area contributed by atoms with Crippen LogP contribution in [0.25, 0.3) is 0 Å². The molecule has 124 valence electrons. The third kappa shape index (κ3) is 4.71. The highest BCUT2D eigenvalue weighted by molar-refractivity contribution is 7.89. The van der Waals surface area contributed by atoms with Gasteiger partial charge in [-0.05, 0) is 24.6 Å². The summed E-state index contributed by atoms with van der Waals surface area (Å²) in [6.07, 6.45) is 5.03. The van der Waals surface area contributed by atoms with Gasteiger partial charge in [0.1, 0.15) is 5.75 Å². The van der Waals surface area contributed by atoms with Gasteiger partial charge in [-0.25, -0.2) is 8.42 Å². The summed E-state index contributed by atoms with van der Waals surface area (Å²) in [5.41, 5.74) is 2.26. The van der Waals surface area contributed by atoms with E-state index < -0.39 is 21.7 Å². The smallest absolute Gasteiger partial charge is 0.237 e. The van der Waals surface area contributed by atoms with Gasteiger partial charge in [-0.1, -0.05) is 18.1 Å². The van der Waals surface area contributed by atoms with Crippen molar-refractivity contribution in [1.82, 2.24) is 9.62 Å². The summed E-state index contributed by atoms with van der Waals surface area (Å²) in [5.74, 6) is 1.12. The molecule has 0 aliphatic carbocycles. The van der Waals surface area contributed by atoms with Crippen molar-refractivity contribution in [2.45, 2.75) is 6.92 Å². The molecule has 23 heavy (non-hydrogen) atoms. The minimum Gasteiger partial charge on any atom is -0.369 e. The van der Waals surface area contributed by atoms with E-state index in [2.05, 4.69) is 22.2 Å². The maximum atomic E-state index is 12.3. The summed E-state index contributed by atoms with van der Waals surface area (Å²) in [6.45, 7) is 4.02.